The van der Waals surface area contributed by atoms with Gasteiger partial charge in [-0.25, -0.2) is 0 Å². The molecule has 1 atom stereocenters. The van der Waals surface area contributed by atoms with Gasteiger partial charge in [-0.15, -0.1) is 0 Å². The highest BCUT2D eigenvalue weighted by Gasteiger charge is 2.30. The number of hydrogen-bond acceptors (Lipinski definition) is 2. The van der Waals surface area contributed by atoms with Gasteiger partial charge in [-0.05, 0) is 50.7 Å². The number of aryl methyl sites for hydroxylation is 1. The third kappa shape index (κ3) is 5.44. The SMILES string of the molecule is Cc1ccc(CNC(=O)C2CCC(C(=O)NC(C)c3ccccc3)CC2)cc1. The van der Waals surface area contributed by atoms with Crippen molar-refractivity contribution in [2.75, 3.05) is 0 Å². The van der Waals surface area contributed by atoms with E-state index in [4.69, 9.17) is 0 Å². The van der Waals surface area contributed by atoms with E-state index in [1.807, 2.05) is 49.4 Å². The van der Waals surface area contributed by atoms with E-state index in [0.29, 0.717) is 6.54 Å². The molecule has 1 fully saturated rings. The van der Waals surface area contributed by atoms with E-state index in [1.54, 1.807) is 0 Å². The predicted octanol–water partition coefficient (Wildman–Crippen LogP) is 4.30. The van der Waals surface area contributed by atoms with Crippen molar-refractivity contribution in [1.29, 1.82) is 0 Å². The quantitative estimate of drug-likeness (QED) is 0.788. The van der Waals surface area contributed by atoms with Crippen molar-refractivity contribution < 1.29 is 9.59 Å². The zero-order chi connectivity index (χ0) is 19.9. The fourth-order valence-corrected chi connectivity index (χ4v) is 3.81. The summed E-state index contributed by atoms with van der Waals surface area (Å²) in [6.07, 6.45) is 3.10. The average molecular weight is 379 g/mol. The molecular formula is C24H30N2O2. The molecule has 2 aromatic rings. The van der Waals surface area contributed by atoms with Gasteiger partial charge in [0.15, 0.2) is 0 Å². The molecule has 2 N–H and O–H groups in total. The molecular weight excluding hydrogens is 348 g/mol. The van der Waals surface area contributed by atoms with Crippen molar-refractivity contribution in [3.05, 3.63) is 71.3 Å². The maximum Gasteiger partial charge on any atom is 0.223 e. The van der Waals surface area contributed by atoms with Crippen LogP contribution in [0.3, 0.4) is 0 Å². The normalized spacial score (nSPS) is 20.2. The molecule has 0 heterocycles. The minimum absolute atomic E-state index is 0.00392. The van der Waals surface area contributed by atoms with Crippen molar-refractivity contribution in [3.63, 3.8) is 0 Å². The van der Waals surface area contributed by atoms with Crippen LogP contribution in [0.15, 0.2) is 54.6 Å². The van der Waals surface area contributed by atoms with Crippen molar-refractivity contribution in [3.8, 4) is 0 Å². The lowest BCUT2D eigenvalue weighted by molar-refractivity contribution is -0.131. The van der Waals surface area contributed by atoms with Crippen LogP contribution in [0.25, 0.3) is 0 Å². The standard InChI is InChI=1S/C24H30N2O2/c1-17-8-10-19(11-9-17)16-25-23(27)21-12-14-22(15-13-21)24(28)26-18(2)20-6-4-3-5-7-20/h3-11,18,21-22H,12-16H2,1-2H3,(H,25,27)(H,26,28). The van der Waals surface area contributed by atoms with E-state index in [9.17, 15) is 9.59 Å². The van der Waals surface area contributed by atoms with Crippen LogP contribution in [-0.4, -0.2) is 11.8 Å². The summed E-state index contributed by atoms with van der Waals surface area (Å²) >= 11 is 0. The molecule has 1 aliphatic carbocycles. The van der Waals surface area contributed by atoms with Crippen LogP contribution in [0, 0.1) is 18.8 Å². The fraction of sp³-hybridized carbons (Fsp3) is 0.417. The molecule has 1 saturated carbocycles. The van der Waals surface area contributed by atoms with Gasteiger partial charge in [-0.3, -0.25) is 9.59 Å². The number of carbonyl (C=O) groups is 2. The van der Waals surface area contributed by atoms with Gasteiger partial charge in [0, 0.05) is 18.4 Å². The van der Waals surface area contributed by atoms with Gasteiger partial charge in [0.1, 0.15) is 0 Å². The first-order valence-electron chi connectivity index (χ1n) is 10.2. The third-order valence-electron chi connectivity index (χ3n) is 5.71. The van der Waals surface area contributed by atoms with Crippen LogP contribution >= 0.6 is 0 Å². The summed E-state index contributed by atoms with van der Waals surface area (Å²) in [6.45, 7) is 4.63. The summed E-state index contributed by atoms with van der Waals surface area (Å²) in [5.41, 5.74) is 3.44. The topological polar surface area (TPSA) is 58.2 Å². The minimum Gasteiger partial charge on any atom is -0.352 e. The Morgan fingerprint density at radius 1 is 0.893 bits per heavy atom. The Bertz CT molecular complexity index is 778. The monoisotopic (exact) mass is 378 g/mol. The number of benzene rings is 2. The van der Waals surface area contributed by atoms with Gasteiger partial charge in [0.25, 0.3) is 0 Å². The van der Waals surface area contributed by atoms with Crippen LogP contribution in [0.1, 0.15) is 55.3 Å². The summed E-state index contributed by atoms with van der Waals surface area (Å²) in [6, 6.07) is 18.2. The van der Waals surface area contributed by atoms with E-state index in [2.05, 4.69) is 29.7 Å². The highest BCUT2D eigenvalue weighted by molar-refractivity contribution is 5.81. The molecule has 1 aliphatic rings. The first kappa shape index (κ1) is 20.1. The molecule has 0 spiro atoms. The molecule has 0 aromatic heterocycles. The molecule has 2 aromatic carbocycles. The molecule has 28 heavy (non-hydrogen) atoms. The van der Waals surface area contributed by atoms with Crippen molar-refractivity contribution in [2.45, 2.75) is 52.1 Å². The molecule has 0 radical (unpaired) electrons. The first-order chi connectivity index (χ1) is 13.5. The zero-order valence-electron chi connectivity index (χ0n) is 16.8. The zero-order valence-corrected chi connectivity index (χ0v) is 16.8. The second kappa shape index (κ2) is 9.54. The second-order valence-electron chi connectivity index (χ2n) is 7.89. The van der Waals surface area contributed by atoms with E-state index < -0.39 is 0 Å². The van der Waals surface area contributed by atoms with Gasteiger partial charge in [-0.1, -0.05) is 60.2 Å². The lowest BCUT2D eigenvalue weighted by atomic mass is 9.81. The van der Waals surface area contributed by atoms with Crippen molar-refractivity contribution in [2.24, 2.45) is 11.8 Å². The van der Waals surface area contributed by atoms with Crippen molar-refractivity contribution in [1.82, 2.24) is 10.6 Å². The second-order valence-corrected chi connectivity index (χ2v) is 7.89. The molecule has 4 heteroatoms. The van der Waals surface area contributed by atoms with E-state index in [1.165, 1.54) is 5.56 Å². The molecule has 0 bridgehead atoms. The summed E-state index contributed by atoms with van der Waals surface area (Å²) in [5.74, 6) is 0.236. The summed E-state index contributed by atoms with van der Waals surface area (Å²) < 4.78 is 0. The van der Waals surface area contributed by atoms with E-state index in [0.717, 1.165) is 36.8 Å². The fourth-order valence-electron chi connectivity index (χ4n) is 3.81. The van der Waals surface area contributed by atoms with Crippen LogP contribution in [0.4, 0.5) is 0 Å². The summed E-state index contributed by atoms with van der Waals surface area (Å²) in [5, 5.41) is 6.17. The van der Waals surface area contributed by atoms with Gasteiger partial charge in [0.2, 0.25) is 11.8 Å². The van der Waals surface area contributed by atoms with Crippen LogP contribution in [-0.2, 0) is 16.1 Å². The van der Waals surface area contributed by atoms with Crippen LogP contribution in [0.2, 0.25) is 0 Å². The summed E-state index contributed by atoms with van der Waals surface area (Å²) in [7, 11) is 0. The largest absolute Gasteiger partial charge is 0.352 e. The maximum atomic E-state index is 12.6. The molecule has 4 nitrogen and oxygen atoms in total. The van der Waals surface area contributed by atoms with E-state index >= 15 is 0 Å². The Labute approximate surface area is 167 Å². The maximum absolute atomic E-state index is 12.6. The third-order valence-corrected chi connectivity index (χ3v) is 5.71. The van der Waals surface area contributed by atoms with Gasteiger partial charge < -0.3 is 10.6 Å². The Kier molecular flexibility index (Phi) is 6.85. The lowest BCUT2D eigenvalue weighted by Crippen LogP contribution is -2.38. The molecule has 0 aliphatic heterocycles. The molecule has 0 saturated heterocycles. The highest BCUT2D eigenvalue weighted by atomic mass is 16.2. The number of amides is 2. The smallest absolute Gasteiger partial charge is 0.223 e. The predicted molar refractivity (Wildman–Crippen MR) is 111 cm³/mol. The number of nitrogens with one attached hydrogen (secondary N) is 2. The lowest BCUT2D eigenvalue weighted by Gasteiger charge is -2.28. The molecule has 148 valence electrons. The van der Waals surface area contributed by atoms with Crippen molar-refractivity contribution >= 4 is 11.8 Å². The molecule has 2 amide bonds. The van der Waals surface area contributed by atoms with Crippen LogP contribution < -0.4 is 10.6 Å². The Morgan fingerprint density at radius 2 is 1.46 bits per heavy atom. The Morgan fingerprint density at radius 3 is 2.07 bits per heavy atom. The average Bonchev–Trinajstić information content (AvgIpc) is 2.73. The first-order valence-corrected chi connectivity index (χ1v) is 10.2. The number of carbonyl (C=O) groups excluding carboxylic acids is 2. The highest BCUT2D eigenvalue weighted by Crippen LogP contribution is 2.29. The molecule has 3 rings (SSSR count). The van der Waals surface area contributed by atoms with Gasteiger partial charge in [-0.2, -0.15) is 0 Å². The molecule has 1 unspecified atom stereocenters. The Balaban J connectivity index is 1.42. The number of rotatable bonds is 6. The minimum atomic E-state index is 0.00392. The van der Waals surface area contributed by atoms with E-state index in [-0.39, 0.29) is 29.7 Å². The Hall–Kier alpha value is -2.62. The number of hydrogen-bond donors (Lipinski definition) is 2. The van der Waals surface area contributed by atoms with Gasteiger partial charge in [0.05, 0.1) is 6.04 Å². The van der Waals surface area contributed by atoms with Crippen LogP contribution in [0.5, 0.6) is 0 Å². The van der Waals surface area contributed by atoms with Gasteiger partial charge >= 0.3 is 0 Å². The summed E-state index contributed by atoms with van der Waals surface area (Å²) in [4.78, 5) is 25.1.